The van der Waals surface area contributed by atoms with Crippen LogP contribution < -0.4 is 5.32 Å². The number of anilines is 1. The van der Waals surface area contributed by atoms with Gasteiger partial charge in [0.25, 0.3) is 0 Å². The van der Waals surface area contributed by atoms with Crippen molar-refractivity contribution in [3.05, 3.63) is 58.1 Å². The van der Waals surface area contributed by atoms with E-state index in [9.17, 15) is 4.39 Å². The molecule has 1 aromatic heterocycles. The number of rotatable bonds is 4. The Kier molecular flexibility index (Phi) is 4.53. The largest absolute Gasteiger partial charge is 0.376 e. The van der Waals surface area contributed by atoms with E-state index in [-0.39, 0.29) is 11.9 Å². The molecular formula is C15H16BrFN2. The summed E-state index contributed by atoms with van der Waals surface area (Å²) < 4.78 is 13.9. The van der Waals surface area contributed by atoms with Gasteiger partial charge in [-0.1, -0.05) is 13.0 Å². The third-order valence-electron chi connectivity index (χ3n) is 2.97. The number of hydrogen-bond donors (Lipinski definition) is 1. The lowest BCUT2D eigenvalue weighted by Gasteiger charge is -2.19. The van der Waals surface area contributed by atoms with E-state index in [4.69, 9.17) is 0 Å². The molecule has 2 nitrogen and oxygen atoms in total. The van der Waals surface area contributed by atoms with E-state index >= 15 is 0 Å². The van der Waals surface area contributed by atoms with Gasteiger partial charge in [0.2, 0.25) is 0 Å². The molecule has 1 heterocycles. The standard InChI is InChI=1S/C15H16BrFN2/c1-3-13(14-7-5-11(17)9-18-14)19-15-8-10(2)4-6-12(15)16/h4-9,13,19H,3H2,1-2H3. The van der Waals surface area contributed by atoms with Gasteiger partial charge in [-0.15, -0.1) is 0 Å². The molecule has 1 unspecified atom stereocenters. The van der Waals surface area contributed by atoms with Crippen LogP contribution in [0.2, 0.25) is 0 Å². The van der Waals surface area contributed by atoms with Crippen molar-refractivity contribution in [1.29, 1.82) is 0 Å². The molecule has 1 aromatic carbocycles. The fourth-order valence-electron chi connectivity index (χ4n) is 1.92. The molecule has 0 bridgehead atoms. The van der Waals surface area contributed by atoms with Crippen LogP contribution in [-0.2, 0) is 0 Å². The Morgan fingerprint density at radius 1 is 1.32 bits per heavy atom. The van der Waals surface area contributed by atoms with E-state index in [1.807, 2.05) is 12.1 Å². The zero-order valence-electron chi connectivity index (χ0n) is 11.0. The zero-order valence-corrected chi connectivity index (χ0v) is 12.5. The van der Waals surface area contributed by atoms with E-state index in [1.54, 1.807) is 6.07 Å². The molecule has 0 amide bonds. The molecule has 0 fully saturated rings. The second kappa shape index (κ2) is 6.15. The van der Waals surface area contributed by atoms with Crippen molar-refractivity contribution in [2.75, 3.05) is 5.32 Å². The van der Waals surface area contributed by atoms with Gasteiger partial charge < -0.3 is 5.32 Å². The Balaban J connectivity index is 2.23. The summed E-state index contributed by atoms with van der Waals surface area (Å²) in [4.78, 5) is 4.14. The number of aromatic nitrogens is 1. The first-order valence-corrected chi connectivity index (χ1v) is 7.03. The average molecular weight is 323 g/mol. The van der Waals surface area contributed by atoms with Crippen molar-refractivity contribution in [2.45, 2.75) is 26.3 Å². The van der Waals surface area contributed by atoms with Gasteiger partial charge in [0.05, 0.1) is 17.9 Å². The molecule has 1 atom stereocenters. The Labute approximate surface area is 121 Å². The van der Waals surface area contributed by atoms with Crippen LogP contribution in [0.5, 0.6) is 0 Å². The van der Waals surface area contributed by atoms with E-state index in [0.717, 1.165) is 22.3 Å². The molecule has 2 rings (SSSR count). The smallest absolute Gasteiger partial charge is 0.141 e. The van der Waals surface area contributed by atoms with Gasteiger partial charge in [0, 0.05) is 10.2 Å². The van der Waals surface area contributed by atoms with Crippen molar-refractivity contribution in [2.24, 2.45) is 0 Å². The fourth-order valence-corrected chi connectivity index (χ4v) is 2.28. The summed E-state index contributed by atoms with van der Waals surface area (Å²) in [5.41, 5.74) is 3.06. The molecule has 0 aliphatic heterocycles. The lowest BCUT2D eigenvalue weighted by Crippen LogP contribution is -2.11. The van der Waals surface area contributed by atoms with Crippen LogP contribution in [0.3, 0.4) is 0 Å². The third-order valence-corrected chi connectivity index (χ3v) is 3.66. The van der Waals surface area contributed by atoms with Crippen LogP contribution in [-0.4, -0.2) is 4.98 Å². The van der Waals surface area contributed by atoms with Crippen LogP contribution in [0.1, 0.15) is 30.6 Å². The highest BCUT2D eigenvalue weighted by molar-refractivity contribution is 9.10. The van der Waals surface area contributed by atoms with Crippen LogP contribution in [0.4, 0.5) is 10.1 Å². The third kappa shape index (κ3) is 3.53. The summed E-state index contributed by atoms with van der Waals surface area (Å²) in [6, 6.07) is 9.38. The maximum Gasteiger partial charge on any atom is 0.141 e. The molecule has 100 valence electrons. The molecule has 0 spiro atoms. The van der Waals surface area contributed by atoms with E-state index < -0.39 is 0 Å². The van der Waals surface area contributed by atoms with E-state index in [1.165, 1.54) is 17.8 Å². The topological polar surface area (TPSA) is 24.9 Å². The number of aryl methyl sites for hydroxylation is 1. The van der Waals surface area contributed by atoms with Crippen molar-refractivity contribution in [3.63, 3.8) is 0 Å². The number of nitrogens with zero attached hydrogens (tertiary/aromatic N) is 1. The first-order valence-electron chi connectivity index (χ1n) is 6.24. The lowest BCUT2D eigenvalue weighted by molar-refractivity contribution is 0.614. The van der Waals surface area contributed by atoms with Gasteiger partial charge in [0.1, 0.15) is 5.82 Å². The molecule has 1 N–H and O–H groups in total. The second-order valence-corrected chi connectivity index (χ2v) is 5.34. The molecule has 2 aromatic rings. The molecule has 0 aliphatic carbocycles. The van der Waals surface area contributed by atoms with Gasteiger partial charge in [-0.25, -0.2) is 4.39 Å². The Bertz CT molecular complexity index is 555. The maximum absolute atomic E-state index is 12.9. The van der Waals surface area contributed by atoms with E-state index in [0.29, 0.717) is 0 Å². The minimum absolute atomic E-state index is 0.0682. The fraction of sp³-hybridized carbons (Fsp3) is 0.267. The van der Waals surface area contributed by atoms with Crippen molar-refractivity contribution in [1.82, 2.24) is 4.98 Å². The maximum atomic E-state index is 12.9. The minimum Gasteiger partial charge on any atom is -0.376 e. The van der Waals surface area contributed by atoms with Crippen LogP contribution >= 0.6 is 15.9 Å². The monoisotopic (exact) mass is 322 g/mol. The molecular weight excluding hydrogens is 307 g/mol. The van der Waals surface area contributed by atoms with Crippen molar-refractivity contribution < 1.29 is 4.39 Å². The number of benzene rings is 1. The molecule has 19 heavy (non-hydrogen) atoms. The molecule has 0 saturated heterocycles. The number of halogens is 2. The quantitative estimate of drug-likeness (QED) is 0.869. The summed E-state index contributed by atoms with van der Waals surface area (Å²) in [6.07, 6.45) is 2.13. The Morgan fingerprint density at radius 3 is 2.74 bits per heavy atom. The van der Waals surface area contributed by atoms with Crippen LogP contribution in [0.25, 0.3) is 0 Å². The number of pyridine rings is 1. The second-order valence-electron chi connectivity index (χ2n) is 4.49. The lowest BCUT2D eigenvalue weighted by atomic mass is 10.1. The highest BCUT2D eigenvalue weighted by Crippen LogP contribution is 2.28. The molecule has 0 radical (unpaired) electrons. The minimum atomic E-state index is -0.310. The Hall–Kier alpha value is -1.42. The predicted octanol–water partition coefficient (Wildman–Crippen LogP) is 4.85. The first kappa shape index (κ1) is 14.0. The summed E-state index contributed by atoms with van der Waals surface area (Å²) >= 11 is 3.53. The van der Waals surface area contributed by atoms with Crippen molar-refractivity contribution in [3.8, 4) is 0 Å². The van der Waals surface area contributed by atoms with Gasteiger partial charge in [0.15, 0.2) is 0 Å². The van der Waals surface area contributed by atoms with E-state index in [2.05, 4.69) is 46.1 Å². The first-order chi connectivity index (χ1) is 9.10. The molecule has 0 saturated carbocycles. The van der Waals surface area contributed by atoms with Gasteiger partial charge in [-0.05, 0) is 59.1 Å². The van der Waals surface area contributed by atoms with Gasteiger partial charge in [-0.3, -0.25) is 4.98 Å². The normalized spacial score (nSPS) is 12.2. The summed E-state index contributed by atoms with van der Waals surface area (Å²) in [5, 5.41) is 3.44. The van der Waals surface area contributed by atoms with Gasteiger partial charge >= 0.3 is 0 Å². The summed E-state index contributed by atoms with van der Waals surface area (Å²) in [7, 11) is 0. The average Bonchev–Trinajstić information content (AvgIpc) is 2.41. The summed E-state index contributed by atoms with van der Waals surface area (Å²) in [5.74, 6) is -0.310. The number of nitrogens with one attached hydrogen (secondary N) is 1. The zero-order chi connectivity index (χ0) is 13.8. The van der Waals surface area contributed by atoms with Gasteiger partial charge in [-0.2, -0.15) is 0 Å². The molecule has 4 heteroatoms. The number of hydrogen-bond acceptors (Lipinski definition) is 2. The molecule has 0 aliphatic rings. The van der Waals surface area contributed by atoms with Crippen LogP contribution in [0, 0.1) is 12.7 Å². The van der Waals surface area contributed by atoms with Crippen molar-refractivity contribution >= 4 is 21.6 Å². The SMILES string of the molecule is CCC(Nc1cc(C)ccc1Br)c1ccc(F)cn1. The summed E-state index contributed by atoms with van der Waals surface area (Å²) in [6.45, 7) is 4.13. The highest BCUT2D eigenvalue weighted by Gasteiger charge is 2.12. The predicted molar refractivity (Wildman–Crippen MR) is 79.7 cm³/mol. The van der Waals surface area contributed by atoms with Crippen LogP contribution in [0.15, 0.2) is 41.0 Å². The Morgan fingerprint density at radius 2 is 2.11 bits per heavy atom. The highest BCUT2D eigenvalue weighted by atomic mass is 79.9.